The highest BCUT2D eigenvalue weighted by molar-refractivity contribution is 6.15. The Kier molecular flexibility index (Phi) is 4.78. The van der Waals surface area contributed by atoms with Crippen molar-refractivity contribution in [1.29, 1.82) is 0 Å². The van der Waals surface area contributed by atoms with E-state index in [4.69, 9.17) is 0 Å². The monoisotopic (exact) mass is 420 g/mol. The minimum atomic E-state index is 1.24. The Morgan fingerprint density at radius 2 is 0.727 bits per heavy atom. The minimum absolute atomic E-state index is 1.24. The SMILES string of the molecule is Cc1c2ccccc2c(-c2cccc(-c3cccc(-c4ccccc4)c3)c2)c2ccccc12. The van der Waals surface area contributed by atoms with Crippen LogP contribution in [0.2, 0.25) is 0 Å². The number of fused-ring (bicyclic) bond motifs is 2. The highest BCUT2D eigenvalue weighted by Gasteiger charge is 2.13. The van der Waals surface area contributed by atoms with E-state index in [0.717, 1.165) is 0 Å². The summed E-state index contributed by atoms with van der Waals surface area (Å²) < 4.78 is 0. The summed E-state index contributed by atoms with van der Waals surface area (Å²) >= 11 is 0. The Morgan fingerprint density at radius 3 is 1.30 bits per heavy atom. The highest BCUT2D eigenvalue weighted by Crippen LogP contribution is 2.40. The summed E-state index contributed by atoms with van der Waals surface area (Å²) in [5.41, 5.74) is 8.86. The lowest BCUT2D eigenvalue weighted by Gasteiger charge is -2.16. The molecule has 0 saturated carbocycles. The van der Waals surface area contributed by atoms with Crippen molar-refractivity contribution in [1.82, 2.24) is 0 Å². The molecule has 0 radical (unpaired) electrons. The standard InChI is InChI=1S/C33H24/c1-23-29-17-5-7-19-31(29)33(32-20-8-6-18-30(23)32)28-16-10-15-27(22-28)26-14-9-13-25(21-26)24-11-3-2-4-12-24/h2-22H,1H3. The molecule has 0 saturated heterocycles. The van der Waals surface area contributed by atoms with Crippen molar-refractivity contribution in [3.63, 3.8) is 0 Å². The van der Waals surface area contributed by atoms with E-state index < -0.39 is 0 Å². The van der Waals surface area contributed by atoms with Gasteiger partial charge >= 0.3 is 0 Å². The lowest BCUT2D eigenvalue weighted by molar-refractivity contribution is 1.56. The number of rotatable bonds is 3. The fraction of sp³-hybridized carbons (Fsp3) is 0.0303. The van der Waals surface area contributed by atoms with E-state index in [1.807, 2.05) is 0 Å². The molecule has 0 aliphatic rings. The van der Waals surface area contributed by atoms with Crippen molar-refractivity contribution < 1.29 is 0 Å². The van der Waals surface area contributed by atoms with E-state index in [9.17, 15) is 0 Å². The van der Waals surface area contributed by atoms with Gasteiger partial charge in [0.05, 0.1) is 0 Å². The van der Waals surface area contributed by atoms with Crippen LogP contribution in [-0.4, -0.2) is 0 Å². The van der Waals surface area contributed by atoms with Gasteiger partial charge in [0.1, 0.15) is 0 Å². The van der Waals surface area contributed by atoms with Crippen LogP contribution in [0, 0.1) is 6.92 Å². The number of hydrogen-bond donors (Lipinski definition) is 0. The zero-order valence-electron chi connectivity index (χ0n) is 18.6. The first-order valence-electron chi connectivity index (χ1n) is 11.5. The Balaban J connectivity index is 1.56. The topological polar surface area (TPSA) is 0 Å². The second kappa shape index (κ2) is 8.07. The molecule has 0 aliphatic heterocycles. The average Bonchev–Trinajstić information content (AvgIpc) is 2.90. The Morgan fingerprint density at radius 1 is 0.333 bits per heavy atom. The lowest BCUT2D eigenvalue weighted by Crippen LogP contribution is -1.90. The van der Waals surface area contributed by atoms with Crippen molar-refractivity contribution in [2.75, 3.05) is 0 Å². The largest absolute Gasteiger partial charge is 0.0622 e. The van der Waals surface area contributed by atoms with Crippen molar-refractivity contribution in [2.24, 2.45) is 0 Å². The first-order valence-corrected chi connectivity index (χ1v) is 11.5. The summed E-state index contributed by atoms with van der Waals surface area (Å²) in [5, 5.41) is 5.26. The van der Waals surface area contributed by atoms with Crippen LogP contribution in [-0.2, 0) is 0 Å². The van der Waals surface area contributed by atoms with Gasteiger partial charge in [-0.3, -0.25) is 0 Å². The third-order valence-electron chi connectivity index (χ3n) is 6.66. The molecule has 6 rings (SSSR count). The van der Waals surface area contributed by atoms with Crippen LogP contribution in [0.5, 0.6) is 0 Å². The van der Waals surface area contributed by atoms with E-state index in [1.165, 1.54) is 60.5 Å². The van der Waals surface area contributed by atoms with E-state index >= 15 is 0 Å². The fourth-order valence-electron chi connectivity index (χ4n) is 5.02. The van der Waals surface area contributed by atoms with Crippen molar-refractivity contribution in [3.05, 3.63) is 133 Å². The van der Waals surface area contributed by atoms with Crippen molar-refractivity contribution >= 4 is 21.5 Å². The fourth-order valence-corrected chi connectivity index (χ4v) is 5.02. The molecule has 6 aromatic carbocycles. The molecule has 0 bridgehead atoms. The van der Waals surface area contributed by atoms with Gasteiger partial charge in [-0.1, -0.05) is 115 Å². The second-order valence-corrected chi connectivity index (χ2v) is 8.62. The Bertz CT molecular complexity index is 1550. The van der Waals surface area contributed by atoms with E-state index in [0.29, 0.717) is 0 Å². The molecule has 33 heavy (non-hydrogen) atoms. The van der Waals surface area contributed by atoms with Gasteiger partial charge in [0, 0.05) is 0 Å². The summed E-state index contributed by atoms with van der Waals surface area (Å²) in [7, 11) is 0. The third-order valence-corrected chi connectivity index (χ3v) is 6.66. The zero-order valence-corrected chi connectivity index (χ0v) is 18.6. The van der Waals surface area contributed by atoms with Gasteiger partial charge in [-0.15, -0.1) is 0 Å². The number of hydrogen-bond acceptors (Lipinski definition) is 0. The molecule has 0 amide bonds. The van der Waals surface area contributed by atoms with Crippen LogP contribution in [0.3, 0.4) is 0 Å². The van der Waals surface area contributed by atoms with Crippen LogP contribution in [0.4, 0.5) is 0 Å². The summed E-state index contributed by atoms with van der Waals surface area (Å²) in [6.07, 6.45) is 0. The third kappa shape index (κ3) is 3.41. The first-order chi connectivity index (χ1) is 16.3. The maximum atomic E-state index is 2.34. The Hall–Kier alpha value is -4.16. The first kappa shape index (κ1) is 19.5. The number of benzene rings is 6. The van der Waals surface area contributed by atoms with Gasteiger partial charge in [-0.25, -0.2) is 0 Å². The molecule has 0 heterocycles. The van der Waals surface area contributed by atoms with Crippen molar-refractivity contribution in [3.8, 4) is 33.4 Å². The normalized spacial score (nSPS) is 11.2. The maximum absolute atomic E-state index is 2.34. The molecule has 0 N–H and O–H groups in total. The summed E-state index contributed by atoms with van der Waals surface area (Å²) in [6, 6.07) is 46.0. The molecular weight excluding hydrogens is 396 g/mol. The van der Waals surface area contributed by atoms with Gasteiger partial charge in [0.25, 0.3) is 0 Å². The minimum Gasteiger partial charge on any atom is -0.0622 e. The van der Waals surface area contributed by atoms with Gasteiger partial charge in [-0.2, -0.15) is 0 Å². The predicted molar refractivity (Wildman–Crippen MR) is 142 cm³/mol. The molecule has 0 atom stereocenters. The summed E-state index contributed by atoms with van der Waals surface area (Å²) in [6.45, 7) is 2.24. The lowest BCUT2D eigenvalue weighted by atomic mass is 9.88. The van der Waals surface area contributed by atoms with Crippen LogP contribution in [0.1, 0.15) is 5.56 Å². The van der Waals surface area contributed by atoms with Crippen LogP contribution >= 0.6 is 0 Å². The van der Waals surface area contributed by atoms with E-state index in [-0.39, 0.29) is 0 Å². The van der Waals surface area contributed by atoms with E-state index in [2.05, 4.69) is 134 Å². The molecule has 0 heteroatoms. The van der Waals surface area contributed by atoms with Crippen LogP contribution in [0.15, 0.2) is 127 Å². The smallest absolute Gasteiger partial charge is 0.00264 e. The molecule has 0 unspecified atom stereocenters. The average molecular weight is 421 g/mol. The quantitative estimate of drug-likeness (QED) is 0.250. The van der Waals surface area contributed by atoms with Gasteiger partial charge < -0.3 is 0 Å². The molecule has 0 fully saturated rings. The molecule has 156 valence electrons. The zero-order chi connectivity index (χ0) is 22.2. The van der Waals surface area contributed by atoms with Crippen LogP contribution < -0.4 is 0 Å². The molecule has 0 aromatic heterocycles. The molecule has 0 spiro atoms. The van der Waals surface area contributed by atoms with Gasteiger partial charge in [0.15, 0.2) is 0 Å². The molecule has 0 aliphatic carbocycles. The van der Waals surface area contributed by atoms with Crippen molar-refractivity contribution in [2.45, 2.75) is 6.92 Å². The summed E-state index contributed by atoms with van der Waals surface area (Å²) in [5.74, 6) is 0. The van der Waals surface area contributed by atoms with Gasteiger partial charge in [-0.05, 0) is 79.5 Å². The highest BCUT2D eigenvalue weighted by atomic mass is 14.2. The Labute approximate surface area is 194 Å². The van der Waals surface area contributed by atoms with E-state index in [1.54, 1.807) is 0 Å². The number of aryl methyl sites for hydroxylation is 1. The molecule has 0 nitrogen and oxygen atoms in total. The van der Waals surface area contributed by atoms with Crippen LogP contribution in [0.25, 0.3) is 54.9 Å². The molecule has 6 aromatic rings. The molecular formula is C33H24. The predicted octanol–water partition coefficient (Wildman–Crippen LogP) is 9.30. The maximum Gasteiger partial charge on any atom is -0.00264 e. The summed E-state index contributed by atoms with van der Waals surface area (Å²) in [4.78, 5) is 0. The van der Waals surface area contributed by atoms with Gasteiger partial charge in [0.2, 0.25) is 0 Å². The second-order valence-electron chi connectivity index (χ2n) is 8.62.